The lowest BCUT2D eigenvalue weighted by Gasteiger charge is -2.59. The molecule has 0 unspecified atom stereocenters. The van der Waals surface area contributed by atoms with Gasteiger partial charge in [-0.25, -0.2) is 0 Å². The lowest BCUT2D eigenvalue weighted by Crippen LogP contribution is -2.89. The summed E-state index contributed by atoms with van der Waals surface area (Å²) >= 11 is 0. The third-order valence-corrected chi connectivity index (χ3v) is 152. The van der Waals surface area contributed by atoms with Gasteiger partial charge in [-0.15, -0.1) is 0 Å². The summed E-state index contributed by atoms with van der Waals surface area (Å²) in [6.07, 6.45) is 4.29. The van der Waals surface area contributed by atoms with E-state index in [9.17, 15) is 0 Å². The molecule has 1 saturated carbocycles. The van der Waals surface area contributed by atoms with E-state index in [1.807, 2.05) is 0 Å². The predicted octanol–water partition coefficient (Wildman–Crippen LogP) is 8.41. The summed E-state index contributed by atoms with van der Waals surface area (Å²) in [5.74, 6) is 0.0815. The molecular weight excluding hydrogens is 569 g/mol. The monoisotopic (exact) mass is 632 g/mol. The Morgan fingerprint density at radius 1 is 0.389 bits per heavy atom. The van der Waals surface area contributed by atoms with Crippen molar-refractivity contribution in [2.75, 3.05) is 0 Å². The Morgan fingerprint density at radius 3 is 0.694 bits per heavy atom. The van der Waals surface area contributed by atoms with Gasteiger partial charge in [0.2, 0.25) is 0 Å². The standard InChI is InChI=1S/C26H64O2Si8/c1-29(2,3)35(30(4,5)6,31(7,8)9)25(27)23-21-19-20-22-24(23)26(28)36(32(10,11)12,33(13,14)15)34(16,17)18/h23-24H,19-22H2,1-18H3/t23-,24-/m0/s1. The lowest BCUT2D eigenvalue weighted by atomic mass is 9.80. The van der Waals surface area contributed by atoms with Crippen LogP contribution in [0.1, 0.15) is 25.7 Å². The fourth-order valence-electron chi connectivity index (χ4n) is 11.3. The molecule has 0 aliphatic heterocycles. The summed E-state index contributed by atoms with van der Waals surface area (Å²) < 4.78 is 0. The summed E-state index contributed by atoms with van der Waals surface area (Å²) in [7, 11) is -10.4. The molecule has 0 aromatic heterocycles. The van der Waals surface area contributed by atoms with Gasteiger partial charge < -0.3 is 9.59 Å². The largest absolute Gasteiger partial charge is 0.306 e. The molecule has 36 heavy (non-hydrogen) atoms. The van der Waals surface area contributed by atoms with E-state index in [1.54, 1.807) is 0 Å². The van der Waals surface area contributed by atoms with Crippen LogP contribution in [0.2, 0.25) is 118 Å². The van der Waals surface area contributed by atoms with Crippen LogP contribution in [0, 0.1) is 11.8 Å². The van der Waals surface area contributed by atoms with Gasteiger partial charge in [-0.3, -0.25) is 0 Å². The van der Waals surface area contributed by atoms with E-state index < -0.39 is 58.8 Å². The van der Waals surface area contributed by atoms with E-state index in [4.69, 9.17) is 0 Å². The molecular formula is C26H64O2Si8. The number of rotatable bonds is 10. The van der Waals surface area contributed by atoms with E-state index in [2.05, 4.69) is 118 Å². The number of carbonyl (C=O) groups excluding carboxylic acids is 2. The van der Waals surface area contributed by atoms with Crippen LogP contribution < -0.4 is 0 Å². The molecule has 0 spiro atoms. The summed E-state index contributed by atoms with van der Waals surface area (Å²) in [5.41, 5.74) is 0. The fraction of sp³-hybridized carbons (Fsp3) is 0.923. The number of carbonyl (C=O) groups is 2. The molecule has 0 aromatic carbocycles. The first-order chi connectivity index (χ1) is 15.5. The van der Waals surface area contributed by atoms with Crippen LogP contribution in [0.25, 0.3) is 0 Å². The van der Waals surface area contributed by atoms with Crippen molar-refractivity contribution in [3.8, 4) is 0 Å². The highest BCUT2D eigenvalue weighted by molar-refractivity contribution is 7.97. The first kappa shape index (κ1) is 35.1. The maximum absolute atomic E-state index is 15.4. The molecule has 1 aliphatic rings. The Hall–Kier alpha value is 1.08. The smallest absolute Gasteiger partial charge is 0.112 e. The maximum atomic E-state index is 15.4. The third-order valence-electron chi connectivity index (χ3n) is 9.93. The Bertz CT molecular complexity index is 685. The van der Waals surface area contributed by atoms with Gasteiger partial charge in [-0.05, 0) is 12.8 Å². The van der Waals surface area contributed by atoms with E-state index in [0.717, 1.165) is 36.5 Å². The molecule has 0 radical (unpaired) electrons. The van der Waals surface area contributed by atoms with Gasteiger partial charge in [0.1, 0.15) is 24.1 Å². The highest BCUT2D eigenvalue weighted by Crippen LogP contribution is 2.47. The molecule has 0 aromatic rings. The summed E-state index contributed by atoms with van der Waals surface area (Å²) in [6, 6.07) is 0. The lowest BCUT2D eigenvalue weighted by molar-refractivity contribution is -0.126. The maximum Gasteiger partial charge on any atom is 0.112 e. The minimum Gasteiger partial charge on any atom is -0.306 e. The van der Waals surface area contributed by atoms with Crippen molar-refractivity contribution in [2.24, 2.45) is 11.8 Å². The van der Waals surface area contributed by atoms with E-state index in [1.165, 1.54) is 0 Å². The molecule has 2 atom stereocenters. The third kappa shape index (κ3) is 5.50. The van der Waals surface area contributed by atoms with Gasteiger partial charge in [-0.1, -0.05) is 131 Å². The molecule has 0 N–H and O–H groups in total. The van der Waals surface area contributed by atoms with Crippen LogP contribution in [-0.4, -0.2) is 69.6 Å². The Morgan fingerprint density at radius 2 is 0.556 bits per heavy atom. The quantitative estimate of drug-likeness (QED) is 0.227. The second-order valence-electron chi connectivity index (χ2n) is 18.2. The van der Waals surface area contributed by atoms with E-state index in [0.29, 0.717) is 0 Å². The minimum absolute atomic E-state index is 0.0408. The normalized spacial score (nSPS) is 21.9. The van der Waals surface area contributed by atoms with Crippen LogP contribution in [0.15, 0.2) is 0 Å². The van der Waals surface area contributed by atoms with Crippen molar-refractivity contribution in [1.82, 2.24) is 0 Å². The first-order valence-electron chi connectivity index (χ1n) is 14.6. The summed E-state index contributed by atoms with van der Waals surface area (Å²) in [6.45, 7) is 41.3. The van der Waals surface area contributed by atoms with Gasteiger partial charge in [-0.2, -0.15) is 0 Å². The highest BCUT2D eigenvalue weighted by atomic mass is 29.9. The minimum atomic E-state index is -2.20. The van der Waals surface area contributed by atoms with Gasteiger partial charge in [0.25, 0.3) is 0 Å². The van der Waals surface area contributed by atoms with Gasteiger partial charge in [0.15, 0.2) is 0 Å². The molecule has 0 heterocycles. The van der Waals surface area contributed by atoms with Gasteiger partial charge >= 0.3 is 0 Å². The molecule has 1 fully saturated rings. The topological polar surface area (TPSA) is 34.1 Å². The van der Waals surface area contributed by atoms with E-state index in [-0.39, 0.29) is 11.8 Å². The second-order valence-corrected chi connectivity index (χ2v) is 98.7. The van der Waals surface area contributed by atoms with Crippen molar-refractivity contribution in [3.05, 3.63) is 0 Å². The molecule has 2 nitrogen and oxygen atoms in total. The SMILES string of the molecule is C[Si](C)(C)[Si](C(=O)[C@H]1CCCC[C@@H]1C(=O)[Si]([Si](C)(C)C)([Si](C)(C)C)[Si](C)(C)C)([Si](C)(C)C)[Si](C)(C)C. The first-order valence-corrected chi connectivity index (χ1v) is 45.6. The molecule has 1 rings (SSSR count). The predicted molar refractivity (Wildman–Crippen MR) is 187 cm³/mol. The Balaban J connectivity index is 4.02. The van der Waals surface area contributed by atoms with Crippen LogP contribution in [0.4, 0.5) is 0 Å². The average molecular weight is 633 g/mol. The van der Waals surface area contributed by atoms with Crippen molar-refractivity contribution in [2.45, 2.75) is 144 Å². The number of hydrogen-bond donors (Lipinski definition) is 0. The van der Waals surface area contributed by atoms with E-state index >= 15 is 9.59 Å². The zero-order valence-corrected chi connectivity index (χ0v) is 35.8. The molecule has 1 aliphatic carbocycles. The van der Waals surface area contributed by atoms with Gasteiger partial charge in [0.05, 0.1) is 0 Å². The van der Waals surface area contributed by atoms with Crippen molar-refractivity contribution in [3.63, 3.8) is 0 Å². The molecule has 0 bridgehead atoms. The van der Waals surface area contributed by atoms with Crippen LogP contribution in [-0.2, 0) is 9.59 Å². The van der Waals surface area contributed by atoms with Crippen LogP contribution in [0.3, 0.4) is 0 Å². The highest BCUT2D eigenvalue weighted by Gasteiger charge is 2.71. The van der Waals surface area contributed by atoms with Crippen LogP contribution >= 0.6 is 0 Å². The van der Waals surface area contributed by atoms with Crippen LogP contribution in [0.5, 0.6) is 0 Å². The molecule has 0 saturated heterocycles. The average Bonchev–Trinajstić information content (AvgIpc) is 2.54. The fourth-order valence-corrected chi connectivity index (χ4v) is 210. The summed E-state index contributed by atoms with van der Waals surface area (Å²) in [4.78, 5) is 30.8. The Kier molecular flexibility index (Phi) is 10.2. The molecule has 10 heteroatoms. The summed E-state index contributed by atoms with van der Waals surface area (Å²) in [5, 5.41) is 1.45. The van der Waals surface area contributed by atoms with Gasteiger partial charge in [0, 0.05) is 57.4 Å². The van der Waals surface area contributed by atoms with Crippen molar-refractivity contribution < 1.29 is 9.59 Å². The zero-order chi connectivity index (χ0) is 29.1. The van der Waals surface area contributed by atoms with Crippen molar-refractivity contribution in [1.29, 1.82) is 0 Å². The zero-order valence-electron chi connectivity index (χ0n) is 27.8. The number of hydrogen-bond acceptors (Lipinski definition) is 2. The second kappa shape index (κ2) is 10.5. The molecule has 0 amide bonds. The van der Waals surface area contributed by atoms with Crippen molar-refractivity contribution >= 4 is 69.6 Å². The molecule has 212 valence electrons. The Labute approximate surface area is 233 Å².